The predicted octanol–water partition coefficient (Wildman–Crippen LogP) is 2.77. The first-order valence-corrected chi connectivity index (χ1v) is 10.2. The minimum absolute atomic E-state index is 0.0144. The third-order valence-corrected chi connectivity index (χ3v) is 6.45. The van der Waals surface area contributed by atoms with Crippen molar-refractivity contribution in [1.82, 2.24) is 14.1 Å². The van der Waals surface area contributed by atoms with E-state index in [0.29, 0.717) is 18.8 Å². The van der Waals surface area contributed by atoms with Crippen molar-refractivity contribution in [2.75, 3.05) is 18.4 Å². The molecular formula is C17H23ClN4O3S. The Morgan fingerprint density at radius 3 is 2.54 bits per heavy atom. The number of rotatable bonds is 8. The van der Waals surface area contributed by atoms with E-state index in [1.807, 2.05) is 6.92 Å². The molecule has 0 saturated heterocycles. The fourth-order valence-electron chi connectivity index (χ4n) is 2.54. The van der Waals surface area contributed by atoms with Gasteiger partial charge in [-0.15, -0.1) is 0 Å². The van der Waals surface area contributed by atoms with Crippen molar-refractivity contribution in [1.29, 1.82) is 0 Å². The zero-order valence-corrected chi connectivity index (χ0v) is 16.6. The Balaban J connectivity index is 2.19. The van der Waals surface area contributed by atoms with Crippen molar-refractivity contribution in [2.45, 2.75) is 38.6 Å². The second-order valence-corrected chi connectivity index (χ2v) is 7.98. The molecule has 1 aromatic heterocycles. The Kier molecular flexibility index (Phi) is 6.80. The zero-order chi connectivity index (χ0) is 19.3. The lowest BCUT2D eigenvalue weighted by Crippen LogP contribution is -2.30. The number of sulfonamides is 1. The number of halogens is 1. The first-order valence-electron chi connectivity index (χ1n) is 8.42. The molecule has 0 spiro atoms. The Hall–Kier alpha value is -1.90. The largest absolute Gasteiger partial charge is 0.326 e. The smallest absolute Gasteiger partial charge is 0.244 e. The van der Waals surface area contributed by atoms with Crippen molar-refractivity contribution in [3.63, 3.8) is 0 Å². The highest BCUT2D eigenvalue weighted by molar-refractivity contribution is 7.89. The highest BCUT2D eigenvalue weighted by Gasteiger charge is 2.25. The Morgan fingerprint density at radius 2 is 1.96 bits per heavy atom. The van der Waals surface area contributed by atoms with Crippen LogP contribution in [0.4, 0.5) is 5.69 Å². The molecule has 0 aliphatic carbocycles. The number of nitrogens with zero attached hydrogens (tertiary/aromatic N) is 3. The molecule has 0 aliphatic heterocycles. The number of benzene rings is 1. The summed E-state index contributed by atoms with van der Waals surface area (Å²) in [5, 5.41) is 6.96. The fourth-order valence-corrected chi connectivity index (χ4v) is 4.50. The number of nitrogens with one attached hydrogen (secondary N) is 1. The number of amides is 1. The van der Waals surface area contributed by atoms with E-state index in [9.17, 15) is 13.2 Å². The molecule has 9 heteroatoms. The van der Waals surface area contributed by atoms with E-state index >= 15 is 0 Å². The number of hydrogen-bond donors (Lipinski definition) is 1. The summed E-state index contributed by atoms with van der Waals surface area (Å²) in [5.41, 5.74) is 1.17. The quantitative estimate of drug-likeness (QED) is 0.740. The van der Waals surface area contributed by atoms with Gasteiger partial charge in [-0.1, -0.05) is 25.4 Å². The minimum atomic E-state index is -3.71. The van der Waals surface area contributed by atoms with Crippen LogP contribution in [0, 0.1) is 0 Å². The second kappa shape index (κ2) is 8.66. The van der Waals surface area contributed by atoms with Gasteiger partial charge >= 0.3 is 0 Å². The maximum atomic E-state index is 12.7. The van der Waals surface area contributed by atoms with Crippen molar-refractivity contribution in [3.8, 4) is 0 Å². The van der Waals surface area contributed by atoms with E-state index < -0.39 is 10.0 Å². The molecule has 0 unspecified atom stereocenters. The molecule has 1 N–H and O–H groups in total. The first-order chi connectivity index (χ1) is 12.3. The number of hydrogen-bond acceptors (Lipinski definition) is 4. The minimum Gasteiger partial charge on any atom is -0.326 e. The average Bonchev–Trinajstić information content (AvgIpc) is 3.04. The van der Waals surface area contributed by atoms with Crippen LogP contribution < -0.4 is 5.32 Å². The van der Waals surface area contributed by atoms with E-state index in [2.05, 4.69) is 10.4 Å². The van der Waals surface area contributed by atoms with Crippen LogP contribution in [-0.2, 0) is 27.8 Å². The van der Waals surface area contributed by atoms with Crippen LogP contribution >= 0.6 is 11.6 Å². The van der Waals surface area contributed by atoms with Gasteiger partial charge in [0.1, 0.15) is 4.90 Å². The van der Waals surface area contributed by atoms with Gasteiger partial charge in [-0.3, -0.25) is 9.48 Å². The van der Waals surface area contributed by atoms with E-state index in [4.69, 9.17) is 11.6 Å². The molecule has 0 atom stereocenters. The number of anilines is 1. The number of carbonyl (C=O) groups is 1. The highest BCUT2D eigenvalue weighted by atomic mass is 35.5. The molecule has 2 aromatic rings. The van der Waals surface area contributed by atoms with Gasteiger partial charge in [-0.05, 0) is 30.7 Å². The van der Waals surface area contributed by atoms with E-state index in [0.717, 1.165) is 12.1 Å². The Morgan fingerprint density at radius 1 is 1.27 bits per heavy atom. The topological polar surface area (TPSA) is 84.3 Å². The van der Waals surface area contributed by atoms with Crippen LogP contribution in [0.3, 0.4) is 0 Å². The lowest BCUT2D eigenvalue weighted by Gasteiger charge is -2.19. The summed E-state index contributed by atoms with van der Waals surface area (Å²) in [7, 11) is -3.71. The normalized spacial score (nSPS) is 11.7. The van der Waals surface area contributed by atoms with Crippen molar-refractivity contribution in [2.24, 2.45) is 0 Å². The molecule has 0 radical (unpaired) electrons. The first kappa shape index (κ1) is 20.4. The molecule has 26 heavy (non-hydrogen) atoms. The van der Waals surface area contributed by atoms with E-state index in [1.165, 1.54) is 16.4 Å². The van der Waals surface area contributed by atoms with Gasteiger partial charge in [0.25, 0.3) is 0 Å². The summed E-state index contributed by atoms with van der Waals surface area (Å²) in [6.07, 6.45) is 3.60. The molecule has 2 rings (SSSR count). The van der Waals surface area contributed by atoms with Gasteiger partial charge in [0, 0.05) is 31.5 Å². The van der Waals surface area contributed by atoms with E-state index in [-0.39, 0.29) is 22.2 Å². The van der Waals surface area contributed by atoms with Gasteiger partial charge in [0.05, 0.1) is 17.6 Å². The van der Waals surface area contributed by atoms with Crippen molar-refractivity contribution < 1.29 is 13.2 Å². The van der Waals surface area contributed by atoms with Gasteiger partial charge in [-0.2, -0.15) is 9.40 Å². The molecule has 1 amide bonds. The summed E-state index contributed by atoms with van der Waals surface area (Å²) < 4.78 is 28.4. The monoisotopic (exact) mass is 398 g/mol. The van der Waals surface area contributed by atoms with Gasteiger partial charge in [0.15, 0.2) is 0 Å². The number of aromatic nitrogens is 2. The summed E-state index contributed by atoms with van der Waals surface area (Å²) in [5.74, 6) is -0.255. The number of aryl methyl sites for hydroxylation is 1. The van der Waals surface area contributed by atoms with Crippen LogP contribution in [0.15, 0.2) is 35.5 Å². The lowest BCUT2D eigenvalue weighted by molar-refractivity contribution is -0.115. The Labute approximate surface area is 159 Å². The van der Waals surface area contributed by atoms with Crippen LogP contribution in [0.1, 0.15) is 26.3 Å². The fraction of sp³-hybridized carbons (Fsp3) is 0.412. The maximum Gasteiger partial charge on any atom is 0.244 e. The summed E-state index contributed by atoms with van der Waals surface area (Å²) in [6.45, 7) is 6.89. The highest BCUT2D eigenvalue weighted by Crippen LogP contribution is 2.27. The van der Waals surface area contributed by atoms with Gasteiger partial charge in [-0.25, -0.2) is 8.42 Å². The van der Waals surface area contributed by atoms with Crippen LogP contribution in [0.25, 0.3) is 0 Å². The van der Waals surface area contributed by atoms with Gasteiger partial charge in [0.2, 0.25) is 15.9 Å². The molecule has 142 valence electrons. The molecule has 7 nitrogen and oxygen atoms in total. The molecule has 1 aromatic carbocycles. The van der Waals surface area contributed by atoms with Crippen LogP contribution in [-0.4, -0.2) is 41.5 Å². The molecule has 0 fully saturated rings. The third kappa shape index (κ3) is 4.63. The molecule has 0 bridgehead atoms. The second-order valence-electron chi connectivity index (χ2n) is 5.66. The van der Waals surface area contributed by atoms with E-state index in [1.54, 1.807) is 37.0 Å². The molecule has 1 heterocycles. The molecular weight excluding hydrogens is 376 g/mol. The zero-order valence-electron chi connectivity index (χ0n) is 15.1. The molecule has 0 saturated carbocycles. The van der Waals surface area contributed by atoms with Crippen LogP contribution in [0.2, 0.25) is 5.02 Å². The summed E-state index contributed by atoms with van der Waals surface area (Å²) in [4.78, 5) is 12.2. The SMILES string of the molecule is CCN(CC)S(=O)(=O)c1cc(NC(=O)Cc2cnn(CC)c2)ccc1Cl. The van der Waals surface area contributed by atoms with Gasteiger partial charge < -0.3 is 5.32 Å². The standard InChI is InChI=1S/C17H23ClN4O3S/c1-4-21-12-13(11-19-21)9-17(23)20-14-7-8-15(18)16(10-14)26(24,25)22(5-2)6-3/h7-8,10-12H,4-6,9H2,1-3H3,(H,20,23). The number of carbonyl (C=O) groups excluding carboxylic acids is 1. The average molecular weight is 399 g/mol. The molecule has 0 aliphatic rings. The van der Waals surface area contributed by atoms with Crippen LogP contribution in [0.5, 0.6) is 0 Å². The predicted molar refractivity (Wildman–Crippen MR) is 102 cm³/mol. The maximum absolute atomic E-state index is 12.7. The summed E-state index contributed by atoms with van der Waals surface area (Å²) in [6, 6.07) is 4.45. The van der Waals surface area contributed by atoms with Crippen molar-refractivity contribution >= 4 is 33.2 Å². The summed E-state index contributed by atoms with van der Waals surface area (Å²) >= 11 is 6.09. The van der Waals surface area contributed by atoms with Crippen molar-refractivity contribution in [3.05, 3.63) is 41.2 Å². The Bertz CT molecular complexity index is 876. The third-order valence-electron chi connectivity index (χ3n) is 3.91. The lowest BCUT2D eigenvalue weighted by atomic mass is 10.2.